The van der Waals surface area contributed by atoms with Crippen molar-refractivity contribution in [3.63, 3.8) is 0 Å². The van der Waals surface area contributed by atoms with E-state index in [1.54, 1.807) is 18.2 Å². The Labute approximate surface area is 139 Å². The highest BCUT2D eigenvalue weighted by molar-refractivity contribution is 7.83. The first-order valence-electron chi connectivity index (χ1n) is 7.29. The zero-order chi connectivity index (χ0) is 16.8. The molecule has 0 bridgehead atoms. The van der Waals surface area contributed by atoms with Crippen LogP contribution in [0.2, 0.25) is 0 Å². The first-order chi connectivity index (χ1) is 11.0. The van der Waals surface area contributed by atoms with Crippen LogP contribution in [0.3, 0.4) is 0 Å². The van der Waals surface area contributed by atoms with Gasteiger partial charge in [-0.05, 0) is 48.0 Å². The maximum atomic E-state index is 13.2. The number of halogens is 1. The molecule has 2 aromatic rings. The number of nitrogens with two attached hydrogens (primary N) is 1. The molecule has 1 unspecified atom stereocenters. The van der Waals surface area contributed by atoms with Crippen molar-refractivity contribution in [1.82, 2.24) is 9.53 Å². The highest BCUT2D eigenvalue weighted by Crippen LogP contribution is 2.14. The van der Waals surface area contributed by atoms with E-state index in [9.17, 15) is 8.60 Å². The fourth-order valence-corrected chi connectivity index (χ4v) is 2.92. The molecular formula is C16H19BFN3OS. The van der Waals surface area contributed by atoms with Crippen molar-refractivity contribution in [2.45, 2.75) is 24.9 Å². The van der Waals surface area contributed by atoms with Crippen LogP contribution >= 0.6 is 0 Å². The second-order valence-corrected chi connectivity index (χ2v) is 6.51. The van der Waals surface area contributed by atoms with E-state index in [0.717, 1.165) is 11.1 Å². The summed E-state index contributed by atoms with van der Waals surface area (Å²) in [6.07, 6.45) is 0. The summed E-state index contributed by atoms with van der Waals surface area (Å²) in [5.74, 6) is -0.301. The minimum atomic E-state index is -1.35. The quantitative estimate of drug-likeness (QED) is 0.604. The van der Waals surface area contributed by atoms with Crippen molar-refractivity contribution in [2.75, 3.05) is 12.3 Å². The minimum Gasteiger partial charge on any atom is -0.398 e. The SMILES string of the molecule is [B]N(CC)S(=O)c1ccc(CNCc2cc(F)ccc2N)cc1. The van der Waals surface area contributed by atoms with Gasteiger partial charge in [-0.25, -0.2) is 8.60 Å². The van der Waals surface area contributed by atoms with E-state index < -0.39 is 11.0 Å². The Hall–Kier alpha value is -1.70. The molecule has 0 saturated carbocycles. The van der Waals surface area contributed by atoms with Gasteiger partial charge in [0.15, 0.2) is 0 Å². The smallest absolute Gasteiger partial charge is 0.203 e. The molecule has 0 spiro atoms. The molecule has 0 aromatic heterocycles. The van der Waals surface area contributed by atoms with E-state index in [0.29, 0.717) is 30.2 Å². The fraction of sp³-hybridized carbons (Fsp3) is 0.250. The van der Waals surface area contributed by atoms with Crippen molar-refractivity contribution in [1.29, 1.82) is 0 Å². The van der Waals surface area contributed by atoms with Gasteiger partial charge in [0.1, 0.15) is 16.8 Å². The van der Waals surface area contributed by atoms with Crippen LogP contribution in [-0.4, -0.2) is 23.0 Å². The largest absolute Gasteiger partial charge is 0.398 e. The van der Waals surface area contributed by atoms with Crippen LogP contribution < -0.4 is 11.1 Å². The summed E-state index contributed by atoms with van der Waals surface area (Å²) < 4.78 is 26.5. The number of nitrogens with one attached hydrogen (secondary N) is 1. The Morgan fingerprint density at radius 1 is 1.22 bits per heavy atom. The van der Waals surface area contributed by atoms with Crippen LogP contribution in [0.5, 0.6) is 0 Å². The fourth-order valence-electron chi connectivity index (χ4n) is 2.05. The molecule has 0 saturated heterocycles. The van der Waals surface area contributed by atoms with Gasteiger partial charge >= 0.3 is 0 Å². The average Bonchev–Trinajstić information content (AvgIpc) is 2.57. The Morgan fingerprint density at radius 2 is 1.91 bits per heavy atom. The summed E-state index contributed by atoms with van der Waals surface area (Å²) in [6.45, 7) is 3.42. The molecule has 0 aliphatic carbocycles. The van der Waals surface area contributed by atoms with Crippen molar-refractivity contribution in [3.8, 4) is 0 Å². The van der Waals surface area contributed by atoms with Gasteiger partial charge in [-0.2, -0.15) is 0 Å². The molecule has 4 nitrogen and oxygen atoms in total. The molecule has 0 heterocycles. The van der Waals surface area contributed by atoms with Crippen LogP contribution in [-0.2, 0) is 24.1 Å². The Kier molecular flexibility index (Phi) is 6.33. The van der Waals surface area contributed by atoms with Gasteiger partial charge in [0.2, 0.25) is 7.98 Å². The molecule has 120 valence electrons. The number of nitrogens with zero attached hydrogens (tertiary/aromatic N) is 1. The summed E-state index contributed by atoms with van der Waals surface area (Å²) in [4.78, 5) is 0.660. The lowest BCUT2D eigenvalue weighted by Gasteiger charge is -2.14. The van der Waals surface area contributed by atoms with E-state index >= 15 is 0 Å². The molecule has 1 atom stereocenters. The van der Waals surface area contributed by atoms with E-state index in [2.05, 4.69) is 5.32 Å². The lowest BCUT2D eigenvalue weighted by atomic mass is 10.1. The highest BCUT2D eigenvalue weighted by Gasteiger charge is 2.08. The monoisotopic (exact) mass is 331 g/mol. The van der Waals surface area contributed by atoms with Crippen LogP contribution in [0.1, 0.15) is 18.1 Å². The zero-order valence-corrected chi connectivity index (χ0v) is 13.8. The van der Waals surface area contributed by atoms with E-state index in [1.807, 2.05) is 19.1 Å². The lowest BCUT2D eigenvalue weighted by molar-refractivity contribution is 0.620. The molecule has 7 heteroatoms. The third kappa shape index (κ3) is 4.89. The number of anilines is 1. The van der Waals surface area contributed by atoms with Crippen molar-refractivity contribution >= 4 is 24.7 Å². The number of benzene rings is 2. The van der Waals surface area contributed by atoms with E-state index in [-0.39, 0.29) is 5.82 Å². The van der Waals surface area contributed by atoms with Crippen LogP contribution in [0, 0.1) is 5.82 Å². The Morgan fingerprint density at radius 3 is 2.57 bits per heavy atom. The van der Waals surface area contributed by atoms with Gasteiger partial charge in [0, 0.05) is 18.8 Å². The Bertz CT molecular complexity index is 682. The third-order valence-electron chi connectivity index (χ3n) is 3.40. The molecule has 2 aromatic carbocycles. The molecule has 0 amide bonds. The van der Waals surface area contributed by atoms with Crippen LogP contribution in [0.15, 0.2) is 47.4 Å². The van der Waals surface area contributed by atoms with Crippen LogP contribution in [0.4, 0.5) is 10.1 Å². The van der Waals surface area contributed by atoms with Crippen molar-refractivity contribution in [2.24, 2.45) is 0 Å². The predicted octanol–water partition coefficient (Wildman–Crippen LogP) is 2.13. The molecule has 0 fully saturated rings. The zero-order valence-electron chi connectivity index (χ0n) is 13.0. The second kappa shape index (κ2) is 8.24. The van der Waals surface area contributed by atoms with Gasteiger partial charge in [-0.15, -0.1) is 0 Å². The number of hydrogen-bond donors (Lipinski definition) is 2. The molecule has 2 radical (unpaired) electrons. The number of nitrogen functional groups attached to an aromatic ring is 1. The number of rotatable bonds is 7. The lowest BCUT2D eigenvalue weighted by Crippen LogP contribution is -2.22. The molecule has 23 heavy (non-hydrogen) atoms. The number of hydrogen-bond acceptors (Lipinski definition) is 3. The van der Waals surface area contributed by atoms with Crippen LogP contribution in [0.25, 0.3) is 0 Å². The average molecular weight is 331 g/mol. The highest BCUT2D eigenvalue weighted by atomic mass is 32.2. The van der Waals surface area contributed by atoms with E-state index in [1.165, 1.54) is 16.3 Å². The standard InChI is InChI=1S/C16H19BFN3OS/c1-2-21(17)23(22)15-6-3-12(4-7-15)10-20-11-13-9-14(18)5-8-16(13)19/h3-9,20H,2,10-11,19H2,1H3. The molecule has 0 aliphatic heterocycles. The third-order valence-corrected chi connectivity index (χ3v) is 4.76. The molecular weight excluding hydrogens is 312 g/mol. The summed E-state index contributed by atoms with van der Waals surface area (Å²) in [5.41, 5.74) is 8.12. The summed E-state index contributed by atoms with van der Waals surface area (Å²) in [6, 6.07) is 11.7. The van der Waals surface area contributed by atoms with Gasteiger partial charge in [-0.3, -0.25) is 4.22 Å². The van der Waals surface area contributed by atoms with E-state index in [4.69, 9.17) is 13.7 Å². The molecule has 2 rings (SSSR count). The molecule has 3 N–H and O–H groups in total. The Balaban J connectivity index is 1.91. The van der Waals surface area contributed by atoms with Gasteiger partial charge in [0.05, 0.1) is 4.90 Å². The first-order valence-corrected chi connectivity index (χ1v) is 8.39. The summed E-state index contributed by atoms with van der Waals surface area (Å²) in [7, 11) is 4.29. The first kappa shape index (κ1) is 17.7. The summed E-state index contributed by atoms with van der Waals surface area (Å²) >= 11 is 0. The topological polar surface area (TPSA) is 58.4 Å². The van der Waals surface area contributed by atoms with Gasteiger partial charge in [-0.1, -0.05) is 19.1 Å². The minimum absolute atomic E-state index is 0.301. The second-order valence-electron chi connectivity index (χ2n) is 5.07. The maximum absolute atomic E-state index is 13.2. The summed E-state index contributed by atoms with van der Waals surface area (Å²) in [5, 5.41) is 3.21. The van der Waals surface area contributed by atoms with Crippen molar-refractivity contribution < 1.29 is 8.60 Å². The normalized spacial score (nSPS) is 12.5. The predicted molar refractivity (Wildman–Crippen MR) is 92.3 cm³/mol. The maximum Gasteiger partial charge on any atom is 0.203 e. The molecule has 0 aliphatic rings. The van der Waals surface area contributed by atoms with Gasteiger partial charge < -0.3 is 11.1 Å². The van der Waals surface area contributed by atoms with Crippen molar-refractivity contribution in [3.05, 3.63) is 59.4 Å². The van der Waals surface area contributed by atoms with Gasteiger partial charge in [0.25, 0.3) is 0 Å².